The van der Waals surface area contributed by atoms with Crippen LogP contribution >= 0.6 is 15.9 Å². The number of methoxy groups -OCH3 is 1. The summed E-state index contributed by atoms with van der Waals surface area (Å²) in [7, 11) is 1.46. The summed E-state index contributed by atoms with van der Waals surface area (Å²) >= 11 is 3.31. The van der Waals surface area contributed by atoms with Gasteiger partial charge >= 0.3 is 5.97 Å². The Balaban J connectivity index is 2.31. The number of carbonyl (C=O) groups is 1. The van der Waals surface area contributed by atoms with Gasteiger partial charge in [-0.2, -0.15) is 0 Å². The molecule has 0 aliphatic rings. The third-order valence-corrected chi connectivity index (χ3v) is 3.38. The van der Waals surface area contributed by atoms with E-state index in [1.54, 1.807) is 36.4 Å². The number of halogens is 1. The van der Waals surface area contributed by atoms with Gasteiger partial charge in [0.2, 0.25) is 0 Å². The summed E-state index contributed by atoms with van der Waals surface area (Å²) in [5.41, 5.74) is 1.03. The van der Waals surface area contributed by atoms with E-state index in [-0.39, 0.29) is 5.75 Å². The van der Waals surface area contributed by atoms with E-state index in [0.717, 1.165) is 0 Å². The molecule has 1 N–H and O–H groups in total. The highest BCUT2D eigenvalue weighted by Gasteiger charge is 2.14. The Kier molecular flexibility index (Phi) is 4.94. The van der Waals surface area contributed by atoms with Gasteiger partial charge in [0.15, 0.2) is 11.5 Å². The van der Waals surface area contributed by atoms with E-state index in [0.29, 0.717) is 21.3 Å². The Labute approximate surface area is 129 Å². The SMILES string of the molecule is COc1cc(C=NO)c(Br)cc1OC(=O)c1ccccc1. The van der Waals surface area contributed by atoms with Crippen LogP contribution in [0.2, 0.25) is 0 Å². The summed E-state index contributed by atoms with van der Waals surface area (Å²) in [6.07, 6.45) is 1.25. The maximum Gasteiger partial charge on any atom is 0.343 e. The predicted molar refractivity (Wildman–Crippen MR) is 81.5 cm³/mol. The lowest BCUT2D eigenvalue weighted by Gasteiger charge is -2.11. The van der Waals surface area contributed by atoms with E-state index in [4.69, 9.17) is 14.7 Å². The van der Waals surface area contributed by atoms with E-state index in [1.165, 1.54) is 13.3 Å². The zero-order chi connectivity index (χ0) is 15.2. The summed E-state index contributed by atoms with van der Waals surface area (Å²) in [5.74, 6) is 0.148. The first kappa shape index (κ1) is 15.1. The molecule has 0 radical (unpaired) electrons. The minimum absolute atomic E-state index is 0.272. The zero-order valence-corrected chi connectivity index (χ0v) is 12.7. The summed E-state index contributed by atoms with van der Waals surface area (Å²) in [6.45, 7) is 0. The van der Waals surface area contributed by atoms with E-state index >= 15 is 0 Å². The average Bonchev–Trinajstić information content (AvgIpc) is 2.51. The molecule has 0 heterocycles. The number of hydrogen-bond acceptors (Lipinski definition) is 5. The van der Waals surface area contributed by atoms with Gasteiger partial charge in [0.05, 0.1) is 18.9 Å². The van der Waals surface area contributed by atoms with Crippen LogP contribution < -0.4 is 9.47 Å². The molecule has 0 aliphatic heterocycles. The molecule has 0 aliphatic carbocycles. The number of rotatable bonds is 4. The number of esters is 1. The fourth-order valence-corrected chi connectivity index (χ4v) is 2.11. The summed E-state index contributed by atoms with van der Waals surface area (Å²) in [4.78, 5) is 12.0. The van der Waals surface area contributed by atoms with Crippen molar-refractivity contribution in [1.29, 1.82) is 0 Å². The first-order chi connectivity index (χ1) is 10.2. The van der Waals surface area contributed by atoms with Crippen molar-refractivity contribution in [1.82, 2.24) is 0 Å². The second-order valence-electron chi connectivity index (χ2n) is 4.02. The number of oxime groups is 1. The quantitative estimate of drug-likeness (QED) is 0.301. The molecule has 5 nitrogen and oxygen atoms in total. The van der Waals surface area contributed by atoms with Crippen LogP contribution in [0, 0.1) is 0 Å². The van der Waals surface area contributed by atoms with Crippen molar-refractivity contribution in [2.45, 2.75) is 0 Å². The highest BCUT2D eigenvalue weighted by Crippen LogP contribution is 2.33. The summed E-state index contributed by atoms with van der Waals surface area (Å²) in [6, 6.07) is 11.8. The first-order valence-corrected chi connectivity index (χ1v) is 6.77. The molecule has 0 aromatic heterocycles. The Morgan fingerprint density at radius 1 is 1.24 bits per heavy atom. The van der Waals surface area contributed by atoms with Gasteiger partial charge in [-0.1, -0.05) is 23.4 Å². The number of carbonyl (C=O) groups excluding carboxylic acids is 1. The van der Waals surface area contributed by atoms with Gasteiger partial charge in [0.1, 0.15) is 0 Å². The van der Waals surface area contributed by atoms with Gasteiger partial charge in [-0.15, -0.1) is 0 Å². The van der Waals surface area contributed by atoms with Crippen molar-refractivity contribution in [2.24, 2.45) is 5.16 Å². The van der Waals surface area contributed by atoms with Crippen molar-refractivity contribution in [3.63, 3.8) is 0 Å². The molecule has 0 bridgehead atoms. The molecule has 0 atom stereocenters. The van der Waals surface area contributed by atoms with Crippen molar-refractivity contribution >= 4 is 28.1 Å². The van der Waals surface area contributed by atoms with Crippen molar-refractivity contribution < 1.29 is 19.5 Å². The summed E-state index contributed by atoms with van der Waals surface area (Å²) < 4.78 is 11.1. The van der Waals surface area contributed by atoms with E-state index in [2.05, 4.69) is 21.1 Å². The fourth-order valence-electron chi connectivity index (χ4n) is 1.68. The van der Waals surface area contributed by atoms with Crippen LogP contribution in [0.1, 0.15) is 15.9 Å². The lowest BCUT2D eigenvalue weighted by molar-refractivity contribution is 0.0729. The molecular weight excluding hydrogens is 338 g/mol. The van der Waals surface area contributed by atoms with Crippen LogP contribution in [0.15, 0.2) is 52.1 Å². The number of benzene rings is 2. The van der Waals surface area contributed by atoms with Crippen molar-refractivity contribution in [3.05, 3.63) is 58.1 Å². The highest BCUT2D eigenvalue weighted by atomic mass is 79.9. The van der Waals surface area contributed by atoms with Crippen LogP contribution in [0.5, 0.6) is 11.5 Å². The Morgan fingerprint density at radius 2 is 1.95 bits per heavy atom. The van der Waals surface area contributed by atoms with Gasteiger partial charge in [-0.3, -0.25) is 0 Å². The summed E-state index contributed by atoms with van der Waals surface area (Å²) in [5, 5.41) is 11.6. The highest BCUT2D eigenvalue weighted by molar-refractivity contribution is 9.10. The average molecular weight is 350 g/mol. The second-order valence-corrected chi connectivity index (χ2v) is 4.88. The van der Waals surface area contributed by atoms with Gasteiger partial charge < -0.3 is 14.7 Å². The molecule has 0 saturated heterocycles. The molecule has 21 heavy (non-hydrogen) atoms. The van der Waals surface area contributed by atoms with Gasteiger partial charge in [0, 0.05) is 10.0 Å². The third-order valence-electron chi connectivity index (χ3n) is 2.69. The topological polar surface area (TPSA) is 68.1 Å². The maximum absolute atomic E-state index is 12.0. The molecule has 6 heteroatoms. The maximum atomic E-state index is 12.0. The van der Waals surface area contributed by atoms with E-state index in [9.17, 15) is 4.79 Å². The first-order valence-electron chi connectivity index (χ1n) is 5.98. The lowest BCUT2D eigenvalue weighted by Crippen LogP contribution is -2.09. The number of hydrogen-bond donors (Lipinski definition) is 1. The molecule has 0 unspecified atom stereocenters. The predicted octanol–water partition coefficient (Wildman–Crippen LogP) is 3.49. The Hall–Kier alpha value is -2.34. The molecule has 0 spiro atoms. The molecular formula is C15H12BrNO4. The van der Waals surface area contributed by atoms with Gasteiger partial charge in [-0.05, 0) is 40.2 Å². The second kappa shape index (κ2) is 6.90. The van der Waals surface area contributed by atoms with E-state index < -0.39 is 5.97 Å². The molecule has 108 valence electrons. The molecule has 2 aromatic carbocycles. The monoisotopic (exact) mass is 349 g/mol. The smallest absolute Gasteiger partial charge is 0.343 e. The third kappa shape index (κ3) is 3.61. The minimum atomic E-state index is -0.482. The van der Waals surface area contributed by atoms with Crippen LogP contribution in [0.3, 0.4) is 0 Å². The molecule has 0 amide bonds. The molecule has 2 aromatic rings. The molecule has 0 fully saturated rings. The zero-order valence-electron chi connectivity index (χ0n) is 11.1. The molecule has 0 saturated carbocycles. The normalized spacial score (nSPS) is 10.6. The van der Waals surface area contributed by atoms with Crippen molar-refractivity contribution in [3.8, 4) is 11.5 Å². The van der Waals surface area contributed by atoms with Crippen LogP contribution in [-0.4, -0.2) is 24.5 Å². The Bertz CT molecular complexity index is 671. The standard InChI is InChI=1S/C15H12BrNO4/c1-20-13-7-11(9-17-19)12(16)8-14(13)21-15(18)10-5-3-2-4-6-10/h2-9,19H,1H3. The fraction of sp³-hybridized carbons (Fsp3) is 0.0667. The van der Waals surface area contributed by atoms with Crippen LogP contribution in [0.25, 0.3) is 0 Å². The van der Waals surface area contributed by atoms with Gasteiger partial charge in [0.25, 0.3) is 0 Å². The van der Waals surface area contributed by atoms with Gasteiger partial charge in [-0.25, -0.2) is 4.79 Å². The van der Waals surface area contributed by atoms with Crippen LogP contribution in [-0.2, 0) is 0 Å². The lowest BCUT2D eigenvalue weighted by atomic mass is 10.2. The minimum Gasteiger partial charge on any atom is -0.493 e. The molecule has 2 rings (SSSR count). The number of ether oxygens (including phenoxy) is 2. The van der Waals surface area contributed by atoms with Crippen molar-refractivity contribution in [2.75, 3.05) is 7.11 Å². The number of nitrogens with zero attached hydrogens (tertiary/aromatic N) is 1. The van der Waals surface area contributed by atoms with E-state index in [1.807, 2.05) is 6.07 Å². The van der Waals surface area contributed by atoms with Crippen LogP contribution in [0.4, 0.5) is 0 Å². The largest absolute Gasteiger partial charge is 0.493 e. The Morgan fingerprint density at radius 3 is 2.57 bits per heavy atom.